The highest BCUT2D eigenvalue weighted by atomic mass is 19.1. The molecule has 10 heteroatoms. The maximum Gasteiger partial charge on any atom is 0.341 e. The van der Waals surface area contributed by atoms with Gasteiger partial charge in [-0.15, -0.1) is 0 Å². The van der Waals surface area contributed by atoms with Crippen molar-refractivity contribution in [3.05, 3.63) is 33.9 Å². The van der Waals surface area contributed by atoms with E-state index in [4.69, 9.17) is 9.57 Å². The van der Waals surface area contributed by atoms with Crippen molar-refractivity contribution in [1.29, 1.82) is 0 Å². The fourth-order valence-electron chi connectivity index (χ4n) is 3.56. The van der Waals surface area contributed by atoms with Gasteiger partial charge in [-0.3, -0.25) is 14.5 Å². The molecule has 1 aromatic heterocycles. The molecule has 1 aromatic carbocycles. The van der Waals surface area contributed by atoms with Crippen molar-refractivity contribution in [2.45, 2.75) is 0 Å². The van der Waals surface area contributed by atoms with E-state index < -0.39 is 22.8 Å². The molecule has 1 N–H and O–H groups in total. The monoisotopic (exact) mass is 378 g/mol. The van der Waals surface area contributed by atoms with Crippen LogP contribution in [-0.4, -0.2) is 67.9 Å². The first-order valence-electron chi connectivity index (χ1n) is 8.45. The number of hydrogen-bond acceptors (Lipinski definition) is 7. The molecule has 3 heterocycles. The fraction of sp³-hybridized carbons (Fsp3) is 0.412. The molecule has 0 bridgehead atoms. The molecule has 2 aliphatic rings. The van der Waals surface area contributed by atoms with E-state index in [0.29, 0.717) is 31.7 Å². The van der Waals surface area contributed by atoms with Crippen LogP contribution in [0.5, 0.6) is 5.75 Å². The van der Waals surface area contributed by atoms with Crippen LogP contribution in [0.4, 0.5) is 10.1 Å². The van der Waals surface area contributed by atoms with Crippen LogP contribution < -0.4 is 20.1 Å². The molecule has 1 fully saturated rings. The van der Waals surface area contributed by atoms with Gasteiger partial charge < -0.3 is 19.6 Å². The zero-order chi connectivity index (χ0) is 19.3. The van der Waals surface area contributed by atoms with Crippen LogP contribution in [0.1, 0.15) is 10.4 Å². The summed E-state index contributed by atoms with van der Waals surface area (Å²) in [5.41, 5.74) is -0.501. The number of benzene rings is 1. The molecule has 0 radical (unpaired) electrons. The average molecular weight is 378 g/mol. The average Bonchev–Trinajstić information content (AvgIpc) is 2.66. The Balaban J connectivity index is 1.94. The first kappa shape index (κ1) is 17.6. The van der Waals surface area contributed by atoms with Crippen molar-refractivity contribution in [2.24, 2.45) is 0 Å². The third-order valence-electron chi connectivity index (χ3n) is 4.96. The second-order valence-corrected chi connectivity index (χ2v) is 6.48. The minimum absolute atomic E-state index is 0.0202. The van der Waals surface area contributed by atoms with E-state index in [-0.39, 0.29) is 23.6 Å². The molecular formula is C17H19FN4O5. The highest BCUT2D eigenvalue weighted by Gasteiger charge is 2.30. The number of pyridine rings is 1. The van der Waals surface area contributed by atoms with Crippen LogP contribution in [-0.2, 0) is 4.84 Å². The summed E-state index contributed by atoms with van der Waals surface area (Å²) < 4.78 is 22.3. The van der Waals surface area contributed by atoms with Gasteiger partial charge in [-0.25, -0.2) is 9.18 Å². The number of hydroxylamine groups is 2. The van der Waals surface area contributed by atoms with E-state index in [2.05, 4.69) is 0 Å². The highest BCUT2D eigenvalue weighted by molar-refractivity contribution is 5.97. The van der Waals surface area contributed by atoms with Crippen molar-refractivity contribution in [3.8, 4) is 5.75 Å². The Morgan fingerprint density at radius 2 is 2.00 bits per heavy atom. The van der Waals surface area contributed by atoms with Crippen molar-refractivity contribution in [1.82, 2.24) is 9.74 Å². The quantitative estimate of drug-likeness (QED) is 0.823. The predicted molar refractivity (Wildman–Crippen MR) is 95.6 cm³/mol. The van der Waals surface area contributed by atoms with Gasteiger partial charge in [-0.2, -0.15) is 5.06 Å². The molecule has 0 unspecified atom stereocenters. The minimum Gasteiger partial charge on any atom is -0.477 e. The largest absolute Gasteiger partial charge is 0.477 e. The van der Waals surface area contributed by atoms with Crippen molar-refractivity contribution < 1.29 is 23.9 Å². The number of aromatic carboxylic acids is 1. The number of carboxylic acids is 1. The van der Waals surface area contributed by atoms with Gasteiger partial charge in [0.1, 0.15) is 16.8 Å². The second-order valence-electron chi connectivity index (χ2n) is 6.48. The topological polar surface area (TPSA) is 87.5 Å². The van der Waals surface area contributed by atoms with E-state index in [0.717, 1.165) is 6.07 Å². The Kier molecular flexibility index (Phi) is 4.16. The molecule has 144 valence electrons. The number of piperazine rings is 1. The minimum atomic E-state index is -1.35. The Hall–Kier alpha value is -2.85. The molecule has 27 heavy (non-hydrogen) atoms. The van der Waals surface area contributed by atoms with E-state index in [1.54, 1.807) is 24.2 Å². The van der Waals surface area contributed by atoms with Gasteiger partial charge in [-0.1, -0.05) is 0 Å². The molecule has 9 nitrogen and oxygen atoms in total. The Bertz CT molecular complexity index is 984. The summed E-state index contributed by atoms with van der Waals surface area (Å²) in [5.74, 6) is -1.71. The Morgan fingerprint density at radius 1 is 1.30 bits per heavy atom. The van der Waals surface area contributed by atoms with Crippen molar-refractivity contribution >= 4 is 22.6 Å². The normalized spacial score (nSPS) is 17.3. The van der Waals surface area contributed by atoms with Crippen LogP contribution in [0.2, 0.25) is 0 Å². The lowest BCUT2D eigenvalue weighted by Gasteiger charge is -2.37. The lowest BCUT2D eigenvalue weighted by molar-refractivity contribution is -0.133. The summed E-state index contributed by atoms with van der Waals surface area (Å²) in [7, 11) is 3.28. The molecule has 4 rings (SSSR count). The molecular weight excluding hydrogens is 359 g/mol. The van der Waals surface area contributed by atoms with Gasteiger partial charge in [0.2, 0.25) is 5.43 Å². The summed E-state index contributed by atoms with van der Waals surface area (Å²) in [4.78, 5) is 31.0. The van der Waals surface area contributed by atoms with E-state index in [1.165, 1.54) is 10.9 Å². The maximum atomic E-state index is 15.0. The number of rotatable bonds is 3. The van der Waals surface area contributed by atoms with Crippen LogP contribution in [0.3, 0.4) is 0 Å². The molecule has 2 aliphatic heterocycles. The van der Waals surface area contributed by atoms with Crippen molar-refractivity contribution in [2.75, 3.05) is 57.0 Å². The van der Waals surface area contributed by atoms with Crippen LogP contribution in [0.15, 0.2) is 17.1 Å². The van der Waals surface area contributed by atoms with Crippen LogP contribution >= 0.6 is 0 Å². The first-order chi connectivity index (χ1) is 12.9. The van der Waals surface area contributed by atoms with E-state index in [9.17, 15) is 14.7 Å². The fourth-order valence-corrected chi connectivity index (χ4v) is 3.56. The van der Waals surface area contributed by atoms with Gasteiger partial charge in [0, 0.05) is 39.4 Å². The third-order valence-corrected chi connectivity index (χ3v) is 4.96. The zero-order valence-electron chi connectivity index (χ0n) is 14.9. The molecule has 2 aromatic rings. The maximum absolute atomic E-state index is 15.0. The Labute approximate surface area is 153 Å². The lowest BCUT2D eigenvalue weighted by Crippen LogP contribution is -2.47. The van der Waals surface area contributed by atoms with Crippen molar-refractivity contribution in [3.63, 3.8) is 0 Å². The second kappa shape index (κ2) is 6.39. The van der Waals surface area contributed by atoms with Gasteiger partial charge in [0.25, 0.3) is 0 Å². The number of halogens is 1. The molecule has 0 aliphatic carbocycles. The van der Waals surface area contributed by atoms with Gasteiger partial charge in [-0.05, 0) is 6.07 Å². The number of aromatic nitrogens is 1. The number of carboxylic acid groups (broad SMARTS) is 1. The van der Waals surface area contributed by atoms with Gasteiger partial charge in [0.05, 0.1) is 12.5 Å². The van der Waals surface area contributed by atoms with E-state index >= 15 is 4.39 Å². The van der Waals surface area contributed by atoms with Crippen LogP contribution in [0, 0.1) is 5.82 Å². The predicted octanol–water partition coefficient (Wildman–Crippen LogP) is 0.440. The summed E-state index contributed by atoms with van der Waals surface area (Å²) >= 11 is 0. The SMILES string of the molecule is CON1CCN(c2c(F)cc3c(=O)c(C(=O)O)cn4c3c2OCN4C)CC1. The smallest absolute Gasteiger partial charge is 0.341 e. The summed E-state index contributed by atoms with van der Waals surface area (Å²) in [6, 6.07) is 1.10. The molecule has 0 saturated carbocycles. The molecule has 0 spiro atoms. The molecule has 1 saturated heterocycles. The first-order valence-corrected chi connectivity index (χ1v) is 8.45. The number of carbonyl (C=O) groups is 1. The lowest BCUT2D eigenvalue weighted by atomic mass is 10.1. The Morgan fingerprint density at radius 3 is 2.63 bits per heavy atom. The number of nitrogens with zero attached hydrogens (tertiary/aromatic N) is 4. The summed E-state index contributed by atoms with van der Waals surface area (Å²) in [6.07, 6.45) is 1.25. The number of hydrogen-bond donors (Lipinski definition) is 1. The van der Waals surface area contributed by atoms with Crippen LogP contribution in [0.25, 0.3) is 10.9 Å². The summed E-state index contributed by atoms with van der Waals surface area (Å²) in [5, 5.41) is 12.7. The number of ether oxygens (including phenoxy) is 1. The number of anilines is 1. The third kappa shape index (κ3) is 2.68. The standard InChI is InChI=1S/C17H19FN4O5/c1-19-9-27-16-13-10(15(23)11(17(24)25)8-22(13)19)7-12(18)14(16)20-3-5-21(26-2)6-4-20/h7-8H,3-6,9H2,1-2H3,(H,24,25). The molecule has 0 amide bonds. The van der Waals surface area contributed by atoms with Gasteiger partial charge >= 0.3 is 5.97 Å². The van der Waals surface area contributed by atoms with E-state index in [1.807, 2.05) is 4.90 Å². The summed E-state index contributed by atoms with van der Waals surface area (Å²) in [6.45, 7) is 2.34. The van der Waals surface area contributed by atoms with Gasteiger partial charge in [0.15, 0.2) is 18.3 Å². The molecule has 0 atom stereocenters. The highest BCUT2D eigenvalue weighted by Crippen LogP contribution is 2.40. The zero-order valence-corrected chi connectivity index (χ0v) is 14.9.